The average molecular weight is 371 g/mol. The lowest BCUT2D eigenvalue weighted by molar-refractivity contribution is -0.128. The molecule has 0 aromatic rings. The van der Waals surface area contributed by atoms with Crippen molar-refractivity contribution in [3.63, 3.8) is 0 Å². The normalized spacial score (nSPS) is 48.6. The van der Waals surface area contributed by atoms with Crippen LogP contribution in [0.25, 0.3) is 0 Å². The predicted molar refractivity (Wildman–Crippen MR) is 104 cm³/mol. The van der Waals surface area contributed by atoms with Crippen molar-refractivity contribution in [2.75, 3.05) is 6.61 Å². The molecule has 2 N–H and O–H groups in total. The number of aliphatic hydroxyl groups is 2. The number of hydrogen-bond acceptors (Lipinski definition) is 3. The van der Waals surface area contributed by atoms with Crippen LogP contribution in [-0.4, -0.2) is 28.2 Å². The Morgan fingerprint density at radius 3 is 2.30 bits per heavy atom. The Balaban J connectivity index is 1.28. The molecule has 3 heteroatoms. The molecule has 0 aromatic heterocycles. The fourth-order valence-electron chi connectivity index (χ4n) is 7.63. The molecule has 0 aromatic carbocycles. The van der Waals surface area contributed by atoms with Gasteiger partial charge in [0.2, 0.25) is 0 Å². The van der Waals surface area contributed by atoms with E-state index in [1.54, 1.807) is 0 Å². The van der Waals surface area contributed by atoms with Crippen molar-refractivity contribution >= 4 is 5.78 Å². The minimum Gasteiger partial charge on any atom is -0.389 e. The Kier molecular flexibility index (Phi) is 4.64. The molecule has 0 bridgehead atoms. The van der Waals surface area contributed by atoms with Crippen LogP contribution in [0.2, 0.25) is 0 Å². The Labute approximate surface area is 163 Å². The van der Waals surface area contributed by atoms with Gasteiger partial charge in [0.1, 0.15) is 12.2 Å². The van der Waals surface area contributed by atoms with Crippen LogP contribution in [0.15, 0.2) is 0 Å². The predicted octanol–water partition coefficient (Wildman–Crippen LogP) is 3.57. The second-order valence-electron chi connectivity index (χ2n) is 10.4. The Hall–Kier alpha value is -0.850. The van der Waals surface area contributed by atoms with Crippen molar-refractivity contribution in [1.29, 1.82) is 0 Å². The molecule has 0 spiro atoms. The highest BCUT2D eigenvalue weighted by Crippen LogP contribution is 2.59. The third-order valence-electron chi connectivity index (χ3n) is 8.98. The van der Waals surface area contributed by atoms with Gasteiger partial charge in [0, 0.05) is 11.8 Å². The summed E-state index contributed by atoms with van der Waals surface area (Å²) in [7, 11) is 0. The van der Waals surface area contributed by atoms with Crippen molar-refractivity contribution in [1.82, 2.24) is 0 Å². The van der Waals surface area contributed by atoms with Crippen LogP contribution >= 0.6 is 0 Å². The van der Waals surface area contributed by atoms with E-state index in [1.165, 1.54) is 44.9 Å². The number of aliphatic hydroxyl groups excluding tert-OH is 1. The number of ketones is 1. The van der Waals surface area contributed by atoms with E-state index in [4.69, 9.17) is 0 Å². The van der Waals surface area contributed by atoms with E-state index in [0.29, 0.717) is 23.7 Å². The summed E-state index contributed by atoms with van der Waals surface area (Å²) in [5.74, 6) is 11.6. The lowest BCUT2D eigenvalue weighted by Gasteiger charge is -2.53. The topological polar surface area (TPSA) is 57.5 Å². The van der Waals surface area contributed by atoms with E-state index in [-0.39, 0.29) is 18.3 Å². The fourth-order valence-corrected chi connectivity index (χ4v) is 7.63. The summed E-state index contributed by atoms with van der Waals surface area (Å²) in [5.41, 5.74) is -0.722. The molecule has 0 unspecified atom stereocenters. The van der Waals surface area contributed by atoms with Gasteiger partial charge in [-0.2, -0.15) is 0 Å². The van der Waals surface area contributed by atoms with Crippen LogP contribution in [0, 0.1) is 59.2 Å². The SMILES string of the molecule is O=C(CO)[C@H]1CC[C@H]2[C@@H]3CC[C@@H]4C[C@@](O)(C#CC5CC5)CC[C@@H]4[C@H]3CC[C@@H]21. The van der Waals surface area contributed by atoms with Crippen LogP contribution in [0.3, 0.4) is 0 Å². The lowest BCUT2D eigenvalue weighted by atomic mass is 9.52. The minimum absolute atomic E-state index is 0.0894. The summed E-state index contributed by atoms with van der Waals surface area (Å²) in [6.45, 7) is -0.271. The summed E-state index contributed by atoms with van der Waals surface area (Å²) >= 11 is 0. The van der Waals surface area contributed by atoms with Gasteiger partial charge in [0.25, 0.3) is 0 Å². The van der Waals surface area contributed by atoms with Crippen molar-refractivity contribution in [3.05, 3.63) is 0 Å². The third kappa shape index (κ3) is 3.28. The first-order chi connectivity index (χ1) is 13.1. The zero-order chi connectivity index (χ0) is 18.6. The van der Waals surface area contributed by atoms with Crippen molar-refractivity contribution in [2.45, 2.75) is 76.2 Å². The Morgan fingerprint density at radius 1 is 0.852 bits per heavy atom. The second-order valence-corrected chi connectivity index (χ2v) is 10.4. The van der Waals surface area contributed by atoms with Crippen LogP contribution in [0.5, 0.6) is 0 Å². The molecule has 3 nitrogen and oxygen atoms in total. The zero-order valence-corrected chi connectivity index (χ0v) is 16.4. The Morgan fingerprint density at radius 2 is 1.52 bits per heavy atom. The molecule has 0 radical (unpaired) electrons. The van der Waals surface area contributed by atoms with E-state index in [1.807, 2.05) is 0 Å². The van der Waals surface area contributed by atoms with E-state index in [0.717, 1.165) is 43.4 Å². The summed E-state index contributed by atoms with van der Waals surface area (Å²) in [4.78, 5) is 12.2. The van der Waals surface area contributed by atoms with Crippen LogP contribution in [0.1, 0.15) is 70.6 Å². The molecule has 5 aliphatic carbocycles. The fraction of sp³-hybridized carbons (Fsp3) is 0.875. The highest BCUT2D eigenvalue weighted by atomic mass is 16.3. The first kappa shape index (κ1) is 18.2. The second kappa shape index (κ2) is 6.89. The number of hydrogen-bond donors (Lipinski definition) is 2. The molecule has 8 atom stereocenters. The number of fused-ring (bicyclic) bond motifs is 5. The molecule has 5 saturated carbocycles. The molecule has 0 amide bonds. The summed E-state index contributed by atoms with van der Waals surface area (Å²) < 4.78 is 0. The maximum atomic E-state index is 12.2. The molecular weight excluding hydrogens is 336 g/mol. The van der Waals surface area contributed by atoms with Gasteiger partial charge in [-0.15, -0.1) is 0 Å². The number of carbonyl (C=O) groups is 1. The van der Waals surface area contributed by atoms with Gasteiger partial charge in [-0.3, -0.25) is 4.79 Å². The van der Waals surface area contributed by atoms with Crippen LogP contribution in [-0.2, 0) is 4.79 Å². The molecule has 0 heterocycles. The average Bonchev–Trinajstić information content (AvgIpc) is 3.42. The number of rotatable bonds is 2. The van der Waals surface area contributed by atoms with E-state index < -0.39 is 5.60 Å². The van der Waals surface area contributed by atoms with Crippen LogP contribution in [0.4, 0.5) is 0 Å². The van der Waals surface area contributed by atoms with Crippen molar-refractivity contribution in [2.24, 2.45) is 47.3 Å². The van der Waals surface area contributed by atoms with Crippen molar-refractivity contribution < 1.29 is 15.0 Å². The third-order valence-corrected chi connectivity index (χ3v) is 8.98. The highest BCUT2D eigenvalue weighted by Gasteiger charge is 2.53. The van der Waals surface area contributed by atoms with Crippen molar-refractivity contribution in [3.8, 4) is 11.8 Å². The monoisotopic (exact) mass is 370 g/mol. The summed E-state index contributed by atoms with van der Waals surface area (Å²) in [6.07, 6.45) is 12.5. The summed E-state index contributed by atoms with van der Waals surface area (Å²) in [5, 5.41) is 20.3. The zero-order valence-electron chi connectivity index (χ0n) is 16.4. The van der Waals surface area contributed by atoms with E-state index >= 15 is 0 Å². The lowest BCUT2D eigenvalue weighted by Crippen LogP contribution is -2.48. The first-order valence-electron chi connectivity index (χ1n) is 11.5. The molecule has 0 aliphatic heterocycles. The molecular formula is C24H34O3. The molecule has 27 heavy (non-hydrogen) atoms. The highest BCUT2D eigenvalue weighted by molar-refractivity contribution is 5.82. The first-order valence-corrected chi connectivity index (χ1v) is 11.5. The van der Waals surface area contributed by atoms with Gasteiger partial charge in [-0.05, 0) is 106 Å². The van der Waals surface area contributed by atoms with Gasteiger partial charge in [-0.1, -0.05) is 11.8 Å². The number of Topliss-reactive ketones (excluding diaryl/α,β-unsaturated/α-hetero) is 1. The smallest absolute Gasteiger partial charge is 0.161 e. The van der Waals surface area contributed by atoms with Crippen LogP contribution < -0.4 is 0 Å². The van der Waals surface area contributed by atoms with Gasteiger partial charge < -0.3 is 10.2 Å². The largest absolute Gasteiger partial charge is 0.389 e. The Bertz CT molecular complexity index is 656. The molecule has 5 rings (SSSR count). The molecule has 0 saturated heterocycles. The van der Waals surface area contributed by atoms with E-state index in [9.17, 15) is 15.0 Å². The molecule has 5 aliphatic rings. The van der Waals surface area contributed by atoms with Gasteiger partial charge in [-0.25, -0.2) is 0 Å². The van der Waals surface area contributed by atoms with Gasteiger partial charge in [0.05, 0.1) is 0 Å². The minimum atomic E-state index is -0.722. The maximum absolute atomic E-state index is 12.2. The van der Waals surface area contributed by atoms with Gasteiger partial charge >= 0.3 is 0 Å². The number of carbonyl (C=O) groups excluding carboxylic acids is 1. The van der Waals surface area contributed by atoms with E-state index in [2.05, 4.69) is 11.8 Å². The quantitative estimate of drug-likeness (QED) is 0.731. The summed E-state index contributed by atoms with van der Waals surface area (Å²) in [6, 6.07) is 0. The molecule has 148 valence electrons. The standard InChI is InChI=1S/C24H34O3/c25-14-23(26)22-8-7-20-19-4-3-16-13-24(27,11-9-15-1-2-15)12-10-17(16)18(19)5-6-21(20)22/h15-22,25,27H,1-8,10,12-14H2/t16-,17+,18-,19-,20+,21+,22+,24-/m1/s1. The van der Waals surface area contributed by atoms with Gasteiger partial charge in [0.15, 0.2) is 5.78 Å². The maximum Gasteiger partial charge on any atom is 0.161 e. The molecule has 5 fully saturated rings.